The molecule has 0 radical (unpaired) electrons. The topological polar surface area (TPSA) is 63.2 Å². The lowest BCUT2D eigenvalue weighted by Crippen LogP contribution is -2.47. The fourth-order valence-electron chi connectivity index (χ4n) is 2.57. The Labute approximate surface area is 126 Å². The molecule has 1 saturated carbocycles. The SMILES string of the molecule is CC(C)(C)OC(=O)NC1CCCC1NCc1ccccn1. The Morgan fingerprint density at radius 3 is 2.76 bits per heavy atom. The van der Waals surface area contributed by atoms with Crippen molar-refractivity contribution in [2.24, 2.45) is 0 Å². The molecule has 1 heterocycles. The van der Waals surface area contributed by atoms with E-state index in [0.29, 0.717) is 0 Å². The van der Waals surface area contributed by atoms with E-state index in [2.05, 4.69) is 15.6 Å². The van der Waals surface area contributed by atoms with Crippen molar-refractivity contribution in [1.29, 1.82) is 0 Å². The highest BCUT2D eigenvalue weighted by molar-refractivity contribution is 5.68. The molecule has 2 N–H and O–H groups in total. The standard InChI is InChI=1S/C16H25N3O2/c1-16(2,3)21-15(20)19-14-9-6-8-13(14)18-11-12-7-4-5-10-17-12/h4-5,7,10,13-14,18H,6,8-9,11H2,1-3H3,(H,19,20). The van der Waals surface area contributed by atoms with Crippen LogP contribution in [0.3, 0.4) is 0 Å². The molecule has 1 aliphatic carbocycles. The van der Waals surface area contributed by atoms with Crippen LogP contribution in [0.5, 0.6) is 0 Å². The van der Waals surface area contributed by atoms with Gasteiger partial charge in [0.05, 0.1) is 5.69 Å². The third kappa shape index (κ3) is 5.34. The molecule has 1 amide bonds. The minimum atomic E-state index is -0.459. The Kier molecular flexibility index (Phi) is 5.17. The van der Waals surface area contributed by atoms with Crippen molar-refractivity contribution in [3.8, 4) is 0 Å². The molecular weight excluding hydrogens is 266 g/mol. The minimum Gasteiger partial charge on any atom is -0.444 e. The molecule has 0 spiro atoms. The van der Waals surface area contributed by atoms with Crippen LogP contribution in [0.25, 0.3) is 0 Å². The van der Waals surface area contributed by atoms with Crippen molar-refractivity contribution in [3.63, 3.8) is 0 Å². The maximum Gasteiger partial charge on any atom is 0.407 e. The summed E-state index contributed by atoms with van der Waals surface area (Å²) in [4.78, 5) is 16.2. The molecule has 5 nitrogen and oxygen atoms in total. The predicted molar refractivity (Wildman–Crippen MR) is 81.9 cm³/mol. The monoisotopic (exact) mass is 291 g/mol. The van der Waals surface area contributed by atoms with E-state index in [1.54, 1.807) is 6.20 Å². The van der Waals surface area contributed by atoms with Gasteiger partial charge in [0.15, 0.2) is 0 Å². The first kappa shape index (κ1) is 15.8. The molecule has 2 unspecified atom stereocenters. The Bertz CT molecular complexity index is 456. The summed E-state index contributed by atoms with van der Waals surface area (Å²) < 4.78 is 5.32. The number of pyridine rings is 1. The number of hydrogen-bond acceptors (Lipinski definition) is 4. The number of amides is 1. The molecule has 1 aromatic rings. The van der Waals surface area contributed by atoms with Crippen LogP contribution >= 0.6 is 0 Å². The van der Waals surface area contributed by atoms with Gasteiger partial charge in [0.25, 0.3) is 0 Å². The van der Waals surface area contributed by atoms with Gasteiger partial charge >= 0.3 is 6.09 Å². The van der Waals surface area contributed by atoms with Crippen LogP contribution in [0, 0.1) is 0 Å². The summed E-state index contributed by atoms with van der Waals surface area (Å²) in [6.07, 6.45) is 4.62. The molecule has 5 heteroatoms. The molecule has 0 aromatic carbocycles. The van der Waals surface area contributed by atoms with Gasteiger partial charge < -0.3 is 15.4 Å². The second kappa shape index (κ2) is 6.89. The highest BCUT2D eigenvalue weighted by Gasteiger charge is 2.29. The van der Waals surface area contributed by atoms with Crippen molar-refractivity contribution in [1.82, 2.24) is 15.6 Å². The lowest BCUT2D eigenvalue weighted by Gasteiger charge is -2.25. The van der Waals surface area contributed by atoms with E-state index < -0.39 is 5.60 Å². The number of rotatable bonds is 4. The second-order valence-electron chi connectivity index (χ2n) is 6.49. The quantitative estimate of drug-likeness (QED) is 0.895. The van der Waals surface area contributed by atoms with E-state index in [1.807, 2.05) is 39.0 Å². The molecule has 1 aliphatic rings. The summed E-state index contributed by atoms with van der Waals surface area (Å²) in [7, 11) is 0. The number of carbonyl (C=O) groups excluding carboxylic acids is 1. The van der Waals surface area contributed by atoms with E-state index in [9.17, 15) is 4.79 Å². The Balaban J connectivity index is 1.81. The summed E-state index contributed by atoms with van der Waals surface area (Å²) in [5, 5.41) is 6.46. The molecule has 0 aliphatic heterocycles. The van der Waals surface area contributed by atoms with Crippen LogP contribution in [0.4, 0.5) is 4.79 Å². The van der Waals surface area contributed by atoms with Crippen LogP contribution in [0.1, 0.15) is 45.7 Å². The van der Waals surface area contributed by atoms with Crippen LogP contribution < -0.4 is 10.6 Å². The Morgan fingerprint density at radius 1 is 1.33 bits per heavy atom. The van der Waals surface area contributed by atoms with E-state index in [-0.39, 0.29) is 18.2 Å². The van der Waals surface area contributed by atoms with Crippen LogP contribution in [-0.2, 0) is 11.3 Å². The molecule has 0 saturated heterocycles. The molecule has 2 rings (SSSR count). The number of nitrogens with one attached hydrogen (secondary N) is 2. The lowest BCUT2D eigenvalue weighted by atomic mass is 10.1. The molecule has 0 bridgehead atoms. The third-order valence-corrected chi connectivity index (χ3v) is 3.49. The zero-order valence-corrected chi connectivity index (χ0v) is 13.1. The van der Waals surface area contributed by atoms with E-state index >= 15 is 0 Å². The molecule has 21 heavy (non-hydrogen) atoms. The van der Waals surface area contributed by atoms with Gasteiger partial charge in [-0.25, -0.2) is 4.79 Å². The normalized spacial score (nSPS) is 22.0. The van der Waals surface area contributed by atoms with Gasteiger partial charge in [0, 0.05) is 24.8 Å². The minimum absolute atomic E-state index is 0.128. The van der Waals surface area contributed by atoms with Gasteiger partial charge in [-0.3, -0.25) is 4.98 Å². The molecular formula is C16H25N3O2. The molecule has 1 fully saturated rings. The first-order chi connectivity index (χ1) is 9.94. The maximum absolute atomic E-state index is 11.9. The van der Waals surface area contributed by atoms with Crippen LogP contribution in [0.15, 0.2) is 24.4 Å². The highest BCUT2D eigenvalue weighted by atomic mass is 16.6. The number of hydrogen-bond donors (Lipinski definition) is 2. The number of carbonyl (C=O) groups is 1. The zero-order valence-electron chi connectivity index (χ0n) is 13.1. The average molecular weight is 291 g/mol. The Hall–Kier alpha value is -1.62. The molecule has 2 atom stereocenters. The van der Waals surface area contributed by atoms with Crippen molar-refractivity contribution in [3.05, 3.63) is 30.1 Å². The van der Waals surface area contributed by atoms with Gasteiger partial charge in [-0.2, -0.15) is 0 Å². The second-order valence-corrected chi connectivity index (χ2v) is 6.49. The van der Waals surface area contributed by atoms with Gasteiger partial charge in [-0.1, -0.05) is 6.07 Å². The number of alkyl carbamates (subject to hydrolysis) is 1. The third-order valence-electron chi connectivity index (χ3n) is 3.49. The summed E-state index contributed by atoms with van der Waals surface area (Å²) in [6.45, 7) is 6.34. The van der Waals surface area contributed by atoms with Crippen LogP contribution in [0.2, 0.25) is 0 Å². The van der Waals surface area contributed by atoms with Gasteiger partial charge in [0.2, 0.25) is 0 Å². The lowest BCUT2D eigenvalue weighted by molar-refractivity contribution is 0.0498. The fourth-order valence-corrected chi connectivity index (χ4v) is 2.57. The smallest absolute Gasteiger partial charge is 0.407 e. The van der Waals surface area contributed by atoms with Crippen molar-refractivity contribution >= 4 is 6.09 Å². The summed E-state index contributed by atoms with van der Waals surface area (Å²) >= 11 is 0. The first-order valence-corrected chi connectivity index (χ1v) is 7.57. The van der Waals surface area contributed by atoms with Gasteiger partial charge in [0.1, 0.15) is 5.60 Å². The van der Waals surface area contributed by atoms with E-state index in [4.69, 9.17) is 4.74 Å². The number of aromatic nitrogens is 1. The maximum atomic E-state index is 11.9. The zero-order chi connectivity index (χ0) is 15.3. The largest absolute Gasteiger partial charge is 0.444 e. The summed E-state index contributed by atoms with van der Waals surface area (Å²) in [5.74, 6) is 0. The fraction of sp³-hybridized carbons (Fsp3) is 0.625. The van der Waals surface area contributed by atoms with Gasteiger partial charge in [-0.05, 0) is 52.2 Å². The van der Waals surface area contributed by atoms with E-state index in [1.165, 1.54) is 0 Å². The Morgan fingerprint density at radius 2 is 2.10 bits per heavy atom. The van der Waals surface area contributed by atoms with Gasteiger partial charge in [-0.15, -0.1) is 0 Å². The van der Waals surface area contributed by atoms with Crippen LogP contribution in [-0.4, -0.2) is 28.8 Å². The van der Waals surface area contributed by atoms with E-state index in [0.717, 1.165) is 31.5 Å². The van der Waals surface area contributed by atoms with Crippen molar-refractivity contribution in [2.75, 3.05) is 0 Å². The van der Waals surface area contributed by atoms with Crippen molar-refractivity contribution in [2.45, 2.75) is 64.3 Å². The summed E-state index contributed by atoms with van der Waals surface area (Å²) in [5.41, 5.74) is 0.556. The molecule has 116 valence electrons. The predicted octanol–water partition coefficient (Wildman–Crippen LogP) is 2.62. The number of nitrogens with zero attached hydrogens (tertiary/aromatic N) is 1. The average Bonchev–Trinajstić information content (AvgIpc) is 2.82. The highest BCUT2D eigenvalue weighted by Crippen LogP contribution is 2.20. The van der Waals surface area contributed by atoms with Crippen molar-refractivity contribution < 1.29 is 9.53 Å². The summed E-state index contributed by atoms with van der Waals surface area (Å²) in [6, 6.07) is 6.29. The molecule has 1 aromatic heterocycles. The first-order valence-electron chi connectivity index (χ1n) is 7.57. The number of ether oxygens (including phenoxy) is 1.